The Labute approximate surface area is 96.4 Å². The molecule has 1 saturated heterocycles. The Morgan fingerprint density at radius 2 is 2.06 bits per heavy atom. The van der Waals surface area contributed by atoms with Gasteiger partial charge in [0.05, 0.1) is 13.2 Å². The van der Waals surface area contributed by atoms with Crippen molar-refractivity contribution in [2.45, 2.75) is 25.5 Å². The van der Waals surface area contributed by atoms with Crippen LogP contribution in [0.15, 0.2) is 24.3 Å². The zero-order valence-electron chi connectivity index (χ0n) is 9.81. The molecule has 1 aromatic carbocycles. The summed E-state index contributed by atoms with van der Waals surface area (Å²) in [6.45, 7) is 2.98. The van der Waals surface area contributed by atoms with Gasteiger partial charge < -0.3 is 15.2 Å². The molecule has 0 radical (unpaired) electrons. The first-order valence-electron chi connectivity index (χ1n) is 5.75. The van der Waals surface area contributed by atoms with E-state index in [9.17, 15) is 5.11 Å². The second-order valence-electron chi connectivity index (χ2n) is 4.53. The van der Waals surface area contributed by atoms with Gasteiger partial charge in [-0.15, -0.1) is 0 Å². The number of nitrogens with one attached hydrogen (secondary N) is 1. The van der Waals surface area contributed by atoms with Crippen LogP contribution in [0.3, 0.4) is 0 Å². The van der Waals surface area contributed by atoms with E-state index in [-0.39, 0.29) is 12.1 Å². The number of aliphatic hydroxyl groups excluding tert-OH is 1. The first kappa shape index (κ1) is 11.4. The Balaban J connectivity index is 1.98. The number of rotatable bonds is 3. The van der Waals surface area contributed by atoms with E-state index in [4.69, 9.17) is 4.74 Å². The average molecular weight is 221 g/mol. The molecule has 2 rings (SSSR count). The molecule has 88 valence electrons. The Bertz CT molecular complexity index is 336. The van der Waals surface area contributed by atoms with Crippen LogP contribution in [0.4, 0.5) is 0 Å². The molecule has 0 amide bonds. The third kappa shape index (κ3) is 2.36. The van der Waals surface area contributed by atoms with Crippen molar-refractivity contribution in [1.82, 2.24) is 5.32 Å². The fourth-order valence-corrected chi connectivity index (χ4v) is 2.18. The summed E-state index contributed by atoms with van der Waals surface area (Å²) in [6.07, 6.45) is 0.636. The molecule has 0 saturated carbocycles. The molecule has 16 heavy (non-hydrogen) atoms. The molecule has 1 aromatic rings. The van der Waals surface area contributed by atoms with E-state index in [0.717, 1.165) is 18.7 Å². The van der Waals surface area contributed by atoms with Crippen LogP contribution in [0.25, 0.3) is 0 Å². The standard InChI is InChI=1S/C13H19NO2/c1-9-8-14-12(13(9)15)7-10-3-5-11(16-2)6-4-10/h3-6,9,12-15H,7-8H2,1-2H3/t9-,12+,13+/m0/s1. The van der Waals surface area contributed by atoms with Crippen molar-refractivity contribution in [1.29, 1.82) is 0 Å². The fraction of sp³-hybridized carbons (Fsp3) is 0.538. The highest BCUT2D eigenvalue weighted by atomic mass is 16.5. The van der Waals surface area contributed by atoms with Crippen LogP contribution in [0.2, 0.25) is 0 Å². The van der Waals surface area contributed by atoms with Gasteiger partial charge >= 0.3 is 0 Å². The Hall–Kier alpha value is -1.06. The first-order chi connectivity index (χ1) is 7.70. The van der Waals surface area contributed by atoms with Gasteiger partial charge in [-0.25, -0.2) is 0 Å². The first-order valence-corrected chi connectivity index (χ1v) is 5.75. The number of hydrogen-bond donors (Lipinski definition) is 2. The van der Waals surface area contributed by atoms with Crippen molar-refractivity contribution in [2.24, 2.45) is 5.92 Å². The maximum atomic E-state index is 9.93. The van der Waals surface area contributed by atoms with Crippen LogP contribution in [0.1, 0.15) is 12.5 Å². The molecule has 0 aromatic heterocycles. The van der Waals surface area contributed by atoms with E-state index < -0.39 is 0 Å². The SMILES string of the molecule is COc1ccc(C[C@H]2NC[C@H](C)[C@H]2O)cc1. The van der Waals surface area contributed by atoms with E-state index in [1.54, 1.807) is 7.11 Å². The van der Waals surface area contributed by atoms with Gasteiger partial charge in [0.2, 0.25) is 0 Å². The fourth-order valence-electron chi connectivity index (χ4n) is 2.18. The maximum Gasteiger partial charge on any atom is 0.118 e. The van der Waals surface area contributed by atoms with E-state index in [1.807, 2.05) is 12.1 Å². The predicted molar refractivity (Wildman–Crippen MR) is 63.7 cm³/mol. The molecule has 0 spiro atoms. The minimum Gasteiger partial charge on any atom is -0.497 e. The monoisotopic (exact) mass is 221 g/mol. The third-order valence-corrected chi connectivity index (χ3v) is 3.31. The molecule has 3 nitrogen and oxygen atoms in total. The second-order valence-corrected chi connectivity index (χ2v) is 4.53. The zero-order chi connectivity index (χ0) is 11.5. The number of ether oxygens (including phenoxy) is 1. The van der Waals surface area contributed by atoms with Crippen LogP contribution in [-0.2, 0) is 6.42 Å². The van der Waals surface area contributed by atoms with Crippen LogP contribution in [0, 0.1) is 5.92 Å². The average Bonchev–Trinajstić information content (AvgIpc) is 2.62. The minimum absolute atomic E-state index is 0.184. The van der Waals surface area contributed by atoms with Gasteiger partial charge in [0.1, 0.15) is 5.75 Å². The molecule has 0 aliphatic carbocycles. The van der Waals surface area contributed by atoms with E-state index >= 15 is 0 Å². The normalized spacial score (nSPS) is 29.3. The lowest BCUT2D eigenvalue weighted by atomic mass is 9.98. The minimum atomic E-state index is -0.234. The van der Waals surface area contributed by atoms with E-state index in [2.05, 4.69) is 24.4 Å². The van der Waals surface area contributed by atoms with Crippen LogP contribution < -0.4 is 10.1 Å². The van der Waals surface area contributed by atoms with Crippen LogP contribution in [0.5, 0.6) is 5.75 Å². The van der Waals surface area contributed by atoms with Crippen molar-refractivity contribution >= 4 is 0 Å². The summed E-state index contributed by atoms with van der Waals surface area (Å²) in [6, 6.07) is 8.20. The van der Waals surface area contributed by atoms with E-state index in [0.29, 0.717) is 5.92 Å². The van der Waals surface area contributed by atoms with Gasteiger partial charge in [-0.05, 0) is 30.0 Å². The zero-order valence-corrected chi connectivity index (χ0v) is 9.81. The van der Waals surface area contributed by atoms with Gasteiger partial charge in [-0.3, -0.25) is 0 Å². The molecule has 0 unspecified atom stereocenters. The lowest BCUT2D eigenvalue weighted by molar-refractivity contribution is 0.124. The van der Waals surface area contributed by atoms with Gasteiger partial charge in [-0.1, -0.05) is 19.1 Å². The van der Waals surface area contributed by atoms with Crippen LogP contribution >= 0.6 is 0 Å². The van der Waals surface area contributed by atoms with Crippen molar-refractivity contribution in [3.8, 4) is 5.75 Å². The molecular weight excluding hydrogens is 202 g/mol. The van der Waals surface area contributed by atoms with Gasteiger partial charge in [0.25, 0.3) is 0 Å². The van der Waals surface area contributed by atoms with Crippen molar-refractivity contribution in [3.63, 3.8) is 0 Å². The van der Waals surface area contributed by atoms with Gasteiger partial charge in [0, 0.05) is 12.6 Å². The molecule has 3 heteroatoms. The van der Waals surface area contributed by atoms with Crippen molar-refractivity contribution in [2.75, 3.05) is 13.7 Å². The summed E-state index contributed by atoms with van der Waals surface area (Å²) >= 11 is 0. The second kappa shape index (κ2) is 4.85. The van der Waals surface area contributed by atoms with Crippen molar-refractivity contribution in [3.05, 3.63) is 29.8 Å². The van der Waals surface area contributed by atoms with Gasteiger partial charge in [-0.2, -0.15) is 0 Å². The molecule has 1 aliphatic heterocycles. The number of benzene rings is 1. The molecule has 0 bridgehead atoms. The highest BCUT2D eigenvalue weighted by Crippen LogP contribution is 2.19. The number of methoxy groups -OCH3 is 1. The largest absolute Gasteiger partial charge is 0.497 e. The van der Waals surface area contributed by atoms with Crippen molar-refractivity contribution < 1.29 is 9.84 Å². The Morgan fingerprint density at radius 1 is 1.38 bits per heavy atom. The molecular formula is C13H19NO2. The van der Waals surface area contributed by atoms with E-state index in [1.165, 1.54) is 5.56 Å². The molecule has 3 atom stereocenters. The molecule has 1 aliphatic rings. The quantitative estimate of drug-likeness (QED) is 0.806. The summed E-state index contributed by atoms with van der Waals surface area (Å²) in [5.41, 5.74) is 1.23. The molecule has 1 fully saturated rings. The molecule has 2 N–H and O–H groups in total. The lowest BCUT2D eigenvalue weighted by Crippen LogP contribution is -2.33. The third-order valence-electron chi connectivity index (χ3n) is 3.31. The van der Waals surface area contributed by atoms with Crippen LogP contribution in [-0.4, -0.2) is 30.9 Å². The summed E-state index contributed by atoms with van der Waals surface area (Å²) in [7, 11) is 1.67. The summed E-state index contributed by atoms with van der Waals surface area (Å²) in [5.74, 6) is 1.22. The summed E-state index contributed by atoms with van der Waals surface area (Å²) in [4.78, 5) is 0. The number of aliphatic hydroxyl groups is 1. The van der Waals surface area contributed by atoms with Gasteiger partial charge in [0.15, 0.2) is 0 Å². The smallest absolute Gasteiger partial charge is 0.118 e. The Morgan fingerprint density at radius 3 is 2.56 bits per heavy atom. The summed E-state index contributed by atoms with van der Waals surface area (Å²) in [5, 5.41) is 13.3. The summed E-state index contributed by atoms with van der Waals surface area (Å²) < 4.78 is 5.11. The lowest BCUT2D eigenvalue weighted by Gasteiger charge is -2.16. The Kier molecular flexibility index (Phi) is 3.46. The highest BCUT2D eigenvalue weighted by molar-refractivity contribution is 5.28. The predicted octanol–water partition coefficient (Wildman–Crippen LogP) is 1.21. The molecule has 1 heterocycles. The maximum absolute atomic E-state index is 9.93. The topological polar surface area (TPSA) is 41.5 Å². The number of hydrogen-bond acceptors (Lipinski definition) is 3. The highest BCUT2D eigenvalue weighted by Gasteiger charge is 2.30.